The van der Waals surface area contributed by atoms with Crippen LogP contribution in [0, 0.1) is 0 Å². The van der Waals surface area contributed by atoms with Gasteiger partial charge in [-0.05, 0) is 24.6 Å². The molecule has 0 amide bonds. The number of hydrogen-bond donors (Lipinski definition) is 2. The molecule has 0 aliphatic rings. The highest BCUT2D eigenvalue weighted by molar-refractivity contribution is 5.79. The first kappa shape index (κ1) is 19.1. The minimum atomic E-state index is -4.46. The maximum absolute atomic E-state index is 13.1. The van der Waals surface area contributed by atoms with Crippen molar-refractivity contribution in [2.75, 3.05) is 33.9 Å². The molecule has 23 heavy (non-hydrogen) atoms. The van der Waals surface area contributed by atoms with E-state index in [4.69, 9.17) is 9.47 Å². The van der Waals surface area contributed by atoms with Gasteiger partial charge in [-0.15, -0.1) is 0 Å². The summed E-state index contributed by atoms with van der Waals surface area (Å²) in [5.41, 5.74) is -0.657. The van der Waals surface area contributed by atoms with Gasteiger partial charge in [0.05, 0.1) is 25.8 Å². The standard InChI is InChI=1S/C15H22F3N3O2/c1-4-19-14(20-7-8-22-2)21-10-11-5-6-12(23-3)9-13(11)15(16,17)18/h5-6,9H,4,7-8,10H2,1-3H3,(H2,19,20,21). The summed E-state index contributed by atoms with van der Waals surface area (Å²) in [7, 11) is 2.90. The second-order valence-corrected chi connectivity index (χ2v) is 4.64. The number of methoxy groups -OCH3 is 2. The molecule has 1 aromatic rings. The summed E-state index contributed by atoms with van der Waals surface area (Å²) in [4.78, 5) is 4.18. The molecule has 0 saturated carbocycles. The van der Waals surface area contributed by atoms with Gasteiger partial charge in [0, 0.05) is 20.2 Å². The van der Waals surface area contributed by atoms with E-state index in [1.807, 2.05) is 6.92 Å². The van der Waals surface area contributed by atoms with Gasteiger partial charge in [0.2, 0.25) is 0 Å². The zero-order valence-electron chi connectivity index (χ0n) is 13.5. The lowest BCUT2D eigenvalue weighted by molar-refractivity contribution is -0.138. The number of nitrogens with one attached hydrogen (secondary N) is 2. The molecule has 0 saturated heterocycles. The molecular weight excluding hydrogens is 311 g/mol. The first-order valence-corrected chi connectivity index (χ1v) is 7.17. The van der Waals surface area contributed by atoms with E-state index in [9.17, 15) is 13.2 Å². The van der Waals surface area contributed by atoms with Crippen molar-refractivity contribution in [3.8, 4) is 5.75 Å². The van der Waals surface area contributed by atoms with E-state index in [0.717, 1.165) is 6.07 Å². The fourth-order valence-corrected chi connectivity index (χ4v) is 1.86. The number of guanidine groups is 1. The Morgan fingerprint density at radius 2 is 1.96 bits per heavy atom. The largest absolute Gasteiger partial charge is 0.497 e. The Morgan fingerprint density at radius 3 is 2.52 bits per heavy atom. The molecule has 0 aliphatic carbocycles. The zero-order valence-corrected chi connectivity index (χ0v) is 13.5. The van der Waals surface area contributed by atoms with E-state index in [2.05, 4.69) is 15.6 Å². The van der Waals surface area contributed by atoms with E-state index >= 15 is 0 Å². The summed E-state index contributed by atoms with van der Waals surface area (Å²) >= 11 is 0. The van der Waals surface area contributed by atoms with Crippen molar-refractivity contribution in [1.82, 2.24) is 10.6 Å². The van der Waals surface area contributed by atoms with Gasteiger partial charge in [0.1, 0.15) is 5.75 Å². The molecule has 0 heterocycles. The minimum Gasteiger partial charge on any atom is -0.497 e. The molecule has 0 spiro atoms. The van der Waals surface area contributed by atoms with Gasteiger partial charge in [-0.25, -0.2) is 4.99 Å². The average molecular weight is 333 g/mol. The van der Waals surface area contributed by atoms with E-state index in [0.29, 0.717) is 25.7 Å². The molecule has 0 aromatic heterocycles. The van der Waals surface area contributed by atoms with Gasteiger partial charge in [0.25, 0.3) is 0 Å². The summed E-state index contributed by atoms with van der Waals surface area (Å²) in [6.07, 6.45) is -4.46. The average Bonchev–Trinajstić information content (AvgIpc) is 2.51. The van der Waals surface area contributed by atoms with Gasteiger partial charge >= 0.3 is 6.18 Å². The summed E-state index contributed by atoms with van der Waals surface area (Å²) in [5, 5.41) is 5.95. The maximum Gasteiger partial charge on any atom is 0.416 e. The Kier molecular flexibility index (Phi) is 7.67. The van der Waals surface area contributed by atoms with Gasteiger partial charge in [-0.1, -0.05) is 6.07 Å². The Hall–Kier alpha value is -1.96. The van der Waals surface area contributed by atoms with Crippen LogP contribution in [0.4, 0.5) is 13.2 Å². The summed E-state index contributed by atoms with van der Waals surface area (Å²) < 4.78 is 49.2. The van der Waals surface area contributed by atoms with Gasteiger partial charge in [0.15, 0.2) is 5.96 Å². The molecule has 0 bridgehead atoms. The zero-order chi connectivity index (χ0) is 17.3. The molecule has 5 nitrogen and oxygen atoms in total. The number of alkyl halides is 3. The molecule has 2 N–H and O–H groups in total. The Bertz CT molecular complexity index is 519. The van der Waals surface area contributed by atoms with Crippen LogP contribution in [0.2, 0.25) is 0 Å². The predicted molar refractivity (Wildman–Crippen MR) is 82.7 cm³/mol. The molecule has 1 aromatic carbocycles. The highest BCUT2D eigenvalue weighted by atomic mass is 19.4. The van der Waals surface area contributed by atoms with Crippen molar-refractivity contribution >= 4 is 5.96 Å². The molecular formula is C15H22F3N3O2. The van der Waals surface area contributed by atoms with Gasteiger partial charge < -0.3 is 20.1 Å². The number of hydrogen-bond acceptors (Lipinski definition) is 3. The number of ether oxygens (including phenoxy) is 2. The van der Waals surface area contributed by atoms with Crippen LogP contribution >= 0.6 is 0 Å². The second kappa shape index (κ2) is 9.24. The molecule has 0 atom stereocenters. The maximum atomic E-state index is 13.1. The number of nitrogens with zero attached hydrogens (tertiary/aromatic N) is 1. The third-order valence-electron chi connectivity index (χ3n) is 2.97. The van der Waals surface area contributed by atoms with Crippen LogP contribution in [-0.4, -0.2) is 39.9 Å². The lowest BCUT2D eigenvalue weighted by atomic mass is 10.1. The molecule has 1 rings (SSSR count). The second-order valence-electron chi connectivity index (χ2n) is 4.64. The summed E-state index contributed by atoms with van der Waals surface area (Å²) in [6, 6.07) is 3.85. The van der Waals surface area contributed by atoms with Crippen LogP contribution in [0.25, 0.3) is 0 Å². The van der Waals surface area contributed by atoms with E-state index < -0.39 is 11.7 Å². The highest BCUT2D eigenvalue weighted by Gasteiger charge is 2.33. The van der Waals surface area contributed by atoms with Crippen LogP contribution in [-0.2, 0) is 17.5 Å². The van der Waals surface area contributed by atoms with Gasteiger partial charge in [-0.2, -0.15) is 13.2 Å². The van der Waals surface area contributed by atoms with Crippen molar-refractivity contribution in [1.29, 1.82) is 0 Å². The lowest BCUT2D eigenvalue weighted by Gasteiger charge is -2.14. The third-order valence-corrected chi connectivity index (χ3v) is 2.97. The van der Waals surface area contributed by atoms with E-state index in [1.165, 1.54) is 19.2 Å². The fourth-order valence-electron chi connectivity index (χ4n) is 1.86. The number of halogens is 3. The van der Waals surface area contributed by atoms with Crippen molar-refractivity contribution in [3.05, 3.63) is 29.3 Å². The van der Waals surface area contributed by atoms with Crippen molar-refractivity contribution in [3.63, 3.8) is 0 Å². The lowest BCUT2D eigenvalue weighted by Crippen LogP contribution is -2.38. The summed E-state index contributed by atoms with van der Waals surface area (Å²) in [5.74, 6) is 0.601. The molecule has 0 aliphatic heterocycles. The Labute approximate surface area is 133 Å². The number of benzene rings is 1. The van der Waals surface area contributed by atoms with E-state index in [-0.39, 0.29) is 17.9 Å². The predicted octanol–water partition coefficient (Wildman–Crippen LogP) is 2.42. The third kappa shape index (κ3) is 6.35. The van der Waals surface area contributed by atoms with E-state index in [1.54, 1.807) is 7.11 Å². The monoisotopic (exact) mass is 333 g/mol. The molecule has 0 unspecified atom stereocenters. The fraction of sp³-hybridized carbons (Fsp3) is 0.533. The SMILES string of the molecule is CCNC(=NCc1ccc(OC)cc1C(F)(F)F)NCCOC. The van der Waals surface area contributed by atoms with Crippen LogP contribution in [0.5, 0.6) is 5.75 Å². The van der Waals surface area contributed by atoms with Gasteiger partial charge in [-0.3, -0.25) is 0 Å². The molecule has 8 heteroatoms. The number of rotatable bonds is 7. The smallest absolute Gasteiger partial charge is 0.416 e. The quantitative estimate of drug-likeness (QED) is 0.457. The minimum absolute atomic E-state index is 0.0854. The van der Waals surface area contributed by atoms with Crippen LogP contribution in [0.15, 0.2) is 23.2 Å². The van der Waals surface area contributed by atoms with Crippen LogP contribution in [0.1, 0.15) is 18.1 Å². The van der Waals surface area contributed by atoms with Crippen LogP contribution < -0.4 is 15.4 Å². The van der Waals surface area contributed by atoms with Crippen LogP contribution in [0.3, 0.4) is 0 Å². The molecule has 0 fully saturated rings. The number of aliphatic imine (C=N–C) groups is 1. The van der Waals surface area contributed by atoms with Crippen molar-refractivity contribution < 1.29 is 22.6 Å². The molecule has 130 valence electrons. The summed E-state index contributed by atoms with van der Waals surface area (Å²) in [6.45, 7) is 3.37. The van der Waals surface area contributed by atoms with Crippen molar-refractivity contribution in [2.24, 2.45) is 4.99 Å². The normalized spacial score (nSPS) is 12.2. The first-order chi connectivity index (χ1) is 10.9. The topological polar surface area (TPSA) is 54.9 Å². The highest BCUT2D eigenvalue weighted by Crippen LogP contribution is 2.34. The molecule has 0 radical (unpaired) electrons. The Balaban J connectivity index is 2.94. The Morgan fingerprint density at radius 1 is 1.22 bits per heavy atom. The first-order valence-electron chi connectivity index (χ1n) is 7.17. The van der Waals surface area contributed by atoms with Crippen molar-refractivity contribution in [2.45, 2.75) is 19.6 Å².